The molecule has 0 saturated carbocycles. The van der Waals surface area contributed by atoms with Crippen LogP contribution >= 0.6 is 0 Å². The summed E-state index contributed by atoms with van der Waals surface area (Å²) in [6.07, 6.45) is -2.37. The van der Waals surface area contributed by atoms with E-state index in [0.29, 0.717) is 5.56 Å². The maximum Gasteiger partial charge on any atom is 0.471 e. The molecule has 2 heterocycles. The minimum absolute atomic E-state index is 0.00655. The van der Waals surface area contributed by atoms with Crippen LogP contribution < -0.4 is 10.6 Å². The highest BCUT2D eigenvalue weighted by Crippen LogP contribution is 2.23. The van der Waals surface area contributed by atoms with Gasteiger partial charge in [-0.05, 0) is 36.1 Å². The van der Waals surface area contributed by atoms with E-state index in [1.807, 2.05) is 0 Å². The highest BCUT2D eigenvalue weighted by atomic mass is 19.4. The Labute approximate surface area is 158 Å². The number of nitrogens with zero attached hydrogens (tertiary/aromatic N) is 2. The number of carbonyl (C=O) groups excluding carboxylic acids is 2. The number of hydrogen-bond donors (Lipinski definition) is 3. The largest absolute Gasteiger partial charge is 0.471 e. The van der Waals surface area contributed by atoms with E-state index in [-0.39, 0.29) is 41.7 Å². The second-order valence-electron chi connectivity index (χ2n) is 5.48. The first-order chi connectivity index (χ1) is 13.2. The normalized spacial score (nSPS) is 10.6. The van der Waals surface area contributed by atoms with Crippen LogP contribution in [0.3, 0.4) is 0 Å². The monoisotopic (exact) mass is 392 g/mol. The molecule has 0 fully saturated rings. The molecule has 7 nitrogen and oxygen atoms in total. The van der Waals surface area contributed by atoms with Crippen LogP contribution in [-0.4, -0.2) is 39.7 Å². The molecule has 2 rings (SSSR count). The van der Waals surface area contributed by atoms with Crippen LogP contribution in [0.1, 0.15) is 23.7 Å². The lowest BCUT2D eigenvalue weighted by atomic mass is 10.1. The summed E-state index contributed by atoms with van der Waals surface area (Å²) in [5.41, 5.74) is 0.359. The fraction of sp³-hybridized carbons (Fsp3) is 0.222. The molecule has 0 aliphatic carbocycles. The smallest absolute Gasteiger partial charge is 0.396 e. The molecule has 0 aliphatic heterocycles. The van der Waals surface area contributed by atoms with Gasteiger partial charge in [0.2, 0.25) is 5.91 Å². The number of halogens is 3. The maximum atomic E-state index is 12.6. The Bertz CT molecular complexity index is 949. The maximum absolute atomic E-state index is 12.6. The number of alkyl halides is 3. The lowest BCUT2D eigenvalue weighted by Crippen LogP contribution is -2.31. The van der Waals surface area contributed by atoms with E-state index in [4.69, 9.17) is 5.11 Å². The Kier molecular flexibility index (Phi) is 6.68. The summed E-state index contributed by atoms with van der Waals surface area (Å²) in [4.78, 5) is 30.3. The number of aliphatic hydroxyl groups is 1. The summed E-state index contributed by atoms with van der Waals surface area (Å²) in [5.74, 6) is 3.06. The molecule has 28 heavy (non-hydrogen) atoms. The molecule has 0 spiro atoms. The molecule has 2 aromatic rings. The quantitative estimate of drug-likeness (QED) is 0.689. The second kappa shape index (κ2) is 8.96. The van der Waals surface area contributed by atoms with Crippen molar-refractivity contribution in [3.63, 3.8) is 0 Å². The summed E-state index contributed by atoms with van der Waals surface area (Å²) in [7, 11) is 0. The Morgan fingerprint density at radius 2 is 1.86 bits per heavy atom. The Morgan fingerprint density at radius 1 is 1.14 bits per heavy atom. The summed E-state index contributed by atoms with van der Waals surface area (Å²) in [6.45, 7) is 0.975. The number of pyridine rings is 2. The van der Waals surface area contributed by atoms with Crippen molar-refractivity contribution in [2.45, 2.75) is 19.5 Å². The van der Waals surface area contributed by atoms with Crippen molar-refractivity contribution in [2.24, 2.45) is 0 Å². The standard InChI is InChI=1S/C18H15F3N4O3/c1-11(27)24-15-10-12(4-7-23-15)2-3-14-16(25-17(28)18(19,20)21)13(6-9-26)5-8-22-14/h4-5,7-8,10,26H,6,9H2,1H3,(H,25,28)(H,23,24,27). The summed E-state index contributed by atoms with van der Waals surface area (Å²) < 4.78 is 37.9. The van der Waals surface area contributed by atoms with Gasteiger partial charge in [-0.25, -0.2) is 9.97 Å². The van der Waals surface area contributed by atoms with Gasteiger partial charge < -0.3 is 15.7 Å². The van der Waals surface area contributed by atoms with Crippen LogP contribution in [0.25, 0.3) is 0 Å². The molecule has 2 amide bonds. The van der Waals surface area contributed by atoms with E-state index in [1.165, 1.54) is 37.5 Å². The lowest BCUT2D eigenvalue weighted by molar-refractivity contribution is -0.167. The van der Waals surface area contributed by atoms with Crippen molar-refractivity contribution in [3.8, 4) is 11.8 Å². The number of aliphatic hydroxyl groups excluding tert-OH is 1. The van der Waals surface area contributed by atoms with Crippen LogP contribution in [0, 0.1) is 11.8 Å². The van der Waals surface area contributed by atoms with E-state index in [1.54, 1.807) is 5.32 Å². The van der Waals surface area contributed by atoms with Gasteiger partial charge in [-0.2, -0.15) is 13.2 Å². The van der Waals surface area contributed by atoms with Gasteiger partial charge in [-0.1, -0.05) is 5.92 Å². The van der Waals surface area contributed by atoms with E-state index < -0.39 is 12.1 Å². The van der Waals surface area contributed by atoms with Gasteiger partial charge in [0.1, 0.15) is 11.5 Å². The van der Waals surface area contributed by atoms with Gasteiger partial charge in [0.15, 0.2) is 0 Å². The minimum atomic E-state index is -5.09. The van der Waals surface area contributed by atoms with E-state index in [0.717, 1.165) is 0 Å². The van der Waals surface area contributed by atoms with Crippen LogP contribution in [0.15, 0.2) is 30.6 Å². The van der Waals surface area contributed by atoms with Crippen LogP contribution in [0.2, 0.25) is 0 Å². The van der Waals surface area contributed by atoms with Gasteiger partial charge in [-0.3, -0.25) is 9.59 Å². The number of hydrogen-bond acceptors (Lipinski definition) is 5. The summed E-state index contributed by atoms with van der Waals surface area (Å²) in [5, 5.41) is 13.4. The van der Waals surface area contributed by atoms with E-state index in [9.17, 15) is 22.8 Å². The van der Waals surface area contributed by atoms with Crippen molar-refractivity contribution in [1.82, 2.24) is 9.97 Å². The van der Waals surface area contributed by atoms with Gasteiger partial charge >= 0.3 is 12.1 Å². The molecule has 10 heteroatoms. The highest BCUT2D eigenvalue weighted by molar-refractivity contribution is 5.96. The molecular weight excluding hydrogens is 377 g/mol. The average molecular weight is 392 g/mol. The zero-order chi connectivity index (χ0) is 20.7. The molecule has 0 bridgehead atoms. The van der Waals surface area contributed by atoms with Gasteiger partial charge in [0, 0.05) is 31.5 Å². The van der Waals surface area contributed by atoms with Crippen molar-refractivity contribution in [1.29, 1.82) is 0 Å². The molecule has 146 valence electrons. The van der Waals surface area contributed by atoms with Crippen molar-refractivity contribution in [3.05, 3.63) is 47.4 Å². The first-order valence-electron chi connectivity index (χ1n) is 7.93. The molecule has 2 aromatic heterocycles. The number of amides is 2. The molecule has 0 radical (unpaired) electrons. The average Bonchev–Trinajstić information content (AvgIpc) is 2.61. The predicted octanol–water partition coefficient (Wildman–Crippen LogP) is 1.87. The number of carbonyl (C=O) groups is 2. The first kappa shape index (κ1) is 20.9. The SMILES string of the molecule is CC(=O)Nc1cc(C#Cc2nccc(CCO)c2NC(=O)C(F)(F)F)ccn1. The van der Waals surface area contributed by atoms with Gasteiger partial charge in [0.25, 0.3) is 0 Å². The fourth-order valence-electron chi connectivity index (χ4n) is 2.14. The van der Waals surface area contributed by atoms with Crippen LogP contribution in [0.5, 0.6) is 0 Å². The molecule has 0 atom stereocenters. The van der Waals surface area contributed by atoms with Gasteiger partial charge in [-0.15, -0.1) is 0 Å². The third kappa shape index (κ3) is 5.78. The number of rotatable bonds is 4. The predicted molar refractivity (Wildman–Crippen MR) is 94.2 cm³/mol. The fourth-order valence-corrected chi connectivity index (χ4v) is 2.14. The van der Waals surface area contributed by atoms with Crippen molar-refractivity contribution in [2.75, 3.05) is 17.2 Å². The molecule has 0 aliphatic rings. The number of nitrogens with one attached hydrogen (secondary N) is 2. The molecule has 0 aromatic carbocycles. The minimum Gasteiger partial charge on any atom is -0.396 e. The Hall–Kier alpha value is -3.45. The summed E-state index contributed by atoms with van der Waals surface area (Å²) in [6, 6.07) is 4.39. The third-order valence-corrected chi connectivity index (χ3v) is 3.30. The zero-order valence-electron chi connectivity index (χ0n) is 14.6. The van der Waals surface area contributed by atoms with Crippen LogP contribution in [0.4, 0.5) is 24.7 Å². The molecule has 0 unspecified atom stereocenters. The summed E-state index contributed by atoms with van der Waals surface area (Å²) >= 11 is 0. The van der Waals surface area contributed by atoms with Crippen LogP contribution in [-0.2, 0) is 16.0 Å². The Balaban J connectivity index is 2.41. The second-order valence-corrected chi connectivity index (χ2v) is 5.48. The zero-order valence-corrected chi connectivity index (χ0v) is 14.6. The lowest BCUT2D eigenvalue weighted by Gasteiger charge is -2.13. The molecular formula is C18H15F3N4O3. The highest BCUT2D eigenvalue weighted by Gasteiger charge is 2.39. The van der Waals surface area contributed by atoms with Gasteiger partial charge in [0.05, 0.1) is 5.69 Å². The number of anilines is 2. The first-order valence-corrected chi connectivity index (χ1v) is 7.93. The topological polar surface area (TPSA) is 104 Å². The third-order valence-electron chi connectivity index (χ3n) is 3.30. The van der Waals surface area contributed by atoms with Crippen molar-refractivity contribution < 1.29 is 27.9 Å². The molecule has 0 saturated heterocycles. The molecule has 3 N–H and O–H groups in total. The Morgan fingerprint density at radius 3 is 2.50 bits per heavy atom. The van der Waals surface area contributed by atoms with E-state index in [2.05, 4.69) is 27.1 Å². The van der Waals surface area contributed by atoms with E-state index >= 15 is 0 Å². The van der Waals surface area contributed by atoms with Crippen molar-refractivity contribution >= 4 is 23.3 Å². The number of aromatic nitrogens is 2.